The second-order valence-electron chi connectivity index (χ2n) is 5.34. The van der Waals surface area contributed by atoms with E-state index in [0.717, 1.165) is 17.8 Å². The van der Waals surface area contributed by atoms with Crippen LogP contribution in [0.2, 0.25) is 0 Å². The van der Waals surface area contributed by atoms with Crippen molar-refractivity contribution in [3.63, 3.8) is 0 Å². The number of nitrogens with one attached hydrogen (secondary N) is 2. The van der Waals surface area contributed by atoms with Gasteiger partial charge in [0.25, 0.3) is 0 Å². The van der Waals surface area contributed by atoms with Crippen molar-refractivity contribution in [2.75, 3.05) is 25.5 Å². The second-order valence-corrected chi connectivity index (χ2v) is 5.34. The Hall–Kier alpha value is -2.06. The fraction of sp³-hybridized carbons (Fsp3) is 0.500. The maximum Gasteiger partial charge on any atom is 0.221 e. The quantitative estimate of drug-likeness (QED) is 0.800. The first-order chi connectivity index (χ1) is 9.97. The minimum Gasteiger partial charge on any atom is -0.373 e. The van der Waals surface area contributed by atoms with Crippen LogP contribution in [-0.4, -0.2) is 32.6 Å². The lowest BCUT2D eigenvalue weighted by atomic mass is 10.1. The summed E-state index contributed by atoms with van der Waals surface area (Å²) in [7, 11) is 3.52. The van der Waals surface area contributed by atoms with E-state index >= 15 is 0 Å². The Balaban J connectivity index is 2.78. The van der Waals surface area contributed by atoms with Crippen LogP contribution in [0.1, 0.15) is 31.4 Å². The van der Waals surface area contributed by atoms with Crippen molar-refractivity contribution in [3.05, 3.63) is 29.3 Å². The maximum absolute atomic E-state index is 11.3. The average molecular weight is 288 g/mol. The molecule has 0 aliphatic carbocycles. The van der Waals surface area contributed by atoms with Crippen LogP contribution in [0.5, 0.6) is 0 Å². The van der Waals surface area contributed by atoms with Gasteiger partial charge in [0.15, 0.2) is 0 Å². The van der Waals surface area contributed by atoms with Gasteiger partial charge in [-0.25, -0.2) is 0 Å². The molecule has 1 aromatic rings. The maximum atomic E-state index is 11.3. The van der Waals surface area contributed by atoms with Crippen molar-refractivity contribution in [2.24, 2.45) is 0 Å². The molecule has 1 rings (SSSR count). The average Bonchev–Trinajstić information content (AvgIpc) is 2.49. The third kappa shape index (κ3) is 5.44. The smallest absolute Gasteiger partial charge is 0.221 e. The van der Waals surface area contributed by atoms with Gasteiger partial charge in [-0.05, 0) is 17.7 Å². The first kappa shape index (κ1) is 17.0. The number of nitrogens with zero attached hydrogens (tertiary/aromatic N) is 2. The van der Waals surface area contributed by atoms with Crippen LogP contribution in [0.3, 0.4) is 0 Å². The van der Waals surface area contributed by atoms with E-state index in [-0.39, 0.29) is 5.91 Å². The topological polar surface area (TPSA) is 68.2 Å². The molecule has 1 amide bonds. The Labute approximate surface area is 126 Å². The molecule has 0 unspecified atom stereocenters. The molecule has 0 aliphatic rings. The van der Waals surface area contributed by atoms with Crippen LogP contribution in [0.15, 0.2) is 18.2 Å². The van der Waals surface area contributed by atoms with Crippen LogP contribution in [0.25, 0.3) is 0 Å². The van der Waals surface area contributed by atoms with Crippen molar-refractivity contribution in [2.45, 2.75) is 32.9 Å². The third-order valence-corrected chi connectivity index (χ3v) is 3.26. The summed E-state index contributed by atoms with van der Waals surface area (Å²) in [5, 5.41) is 15.2. The molecule has 0 fully saturated rings. The molecule has 1 aromatic carbocycles. The zero-order chi connectivity index (χ0) is 15.8. The van der Waals surface area contributed by atoms with Crippen molar-refractivity contribution < 1.29 is 4.79 Å². The summed E-state index contributed by atoms with van der Waals surface area (Å²) in [4.78, 5) is 13.2. The second kappa shape index (κ2) is 8.28. The van der Waals surface area contributed by atoms with Gasteiger partial charge < -0.3 is 15.5 Å². The molecule has 0 bridgehead atoms. The van der Waals surface area contributed by atoms with Crippen molar-refractivity contribution in [1.82, 2.24) is 10.6 Å². The summed E-state index contributed by atoms with van der Waals surface area (Å²) < 4.78 is 0. The van der Waals surface area contributed by atoms with Gasteiger partial charge in [-0.3, -0.25) is 4.79 Å². The molecule has 0 aliphatic heterocycles. The van der Waals surface area contributed by atoms with Gasteiger partial charge >= 0.3 is 0 Å². The predicted molar refractivity (Wildman–Crippen MR) is 85.1 cm³/mol. The Morgan fingerprint density at radius 1 is 1.43 bits per heavy atom. The highest BCUT2D eigenvalue weighted by Crippen LogP contribution is 2.20. The highest BCUT2D eigenvalue weighted by molar-refractivity contribution is 5.76. The number of hydrogen-bond acceptors (Lipinski definition) is 4. The minimum absolute atomic E-state index is 0.00175. The third-order valence-electron chi connectivity index (χ3n) is 3.26. The molecule has 0 aromatic heterocycles. The molecule has 21 heavy (non-hydrogen) atoms. The van der Waals surface area contributed by atoms with Gasteiger partial charge in [-0.1, -0.05) is 19.9 Å². The molecule has 0 heterocycles. The van der Waals surface area contributed by atoms with Crippen molar-refractivity contribution in [3.8, 4) is 6.07 Å². The molecule has 0 spiro atoms. The van der Waals surface area contributed by atoms with Gasteiger partial charge in [0, 0.05) is 39.6 Å². The molecule has 5 nitrogen and oxygen atoms in total. The van der Waals surface area contributed by atoms with Crippen molar-refractivity contribution in [1.29, 1.82) is 5.26 Å². The highest BCUT2D eigenvalue weighted by atomic mass is 16.1. The van der Waals surface area contributed by atoms with E-state index in [0.29, 0.717) is 24.6 Å². The Morgan fingerprint density at radius 3 is 2.71 bits per heavy atom. The van der Waals surface area contributed by atoms with Crippen LogP contribution in [-0.2, 0) is 11.3 Å². The Bertz CT molecular complexity index is 519. The number of carbonyl (C=O) groups excluding carboxylic acids is 1. The lowest BCUT2D eigenvalue weighted by molar-refractivity contribution is -0.120. The van der Waals surface area contributed by atoms with Gasteiger partial charge in [-0.15, -0.1) is 0 Å². The van der Waals surface area contributed by atoms with Gasteiger partial charge in [-0.2, -0.15) is 5.26 Å². The minimum atomic E-state index is -0.00175. The molecule has 2 N–H and O–H groups in total. The van der Waals surface area contributed by atoms with Gasteiger partial charge in [0.05, 0.1) is 11.3 Å². The van der Waals surface area contributed by atoms with E-state index in [1.807, 2.05) is 30.1 Å². The zero-order valence-electron chi connectivity index (χ0n) is 13.2. The number of amides is 1. The highest BCUT2D eigenvalue weighted by Gasteiger charge is 2.10. The molecule has 0 radical (unpaired) electrons. The normalized spacial score (nSPS) is 10.3. The fourth-order valence-electron chi connectivity index (χ4n) is 1.95. The number of hydrogen-bond donors (Lipinski definition) is 2. The van der Waals surface area contributed by atoms with E-state index in [1.165, 1.54) is 0 Å². The van der Waals surface area contributed by atoms with Gasteiger partial charge in [0.2, 0.25) is 5.91 Å². The largest absolute Gasteiger partial charge is 0.373 e. The molecular weight excluding hydrogens is 264 g/mol. The van der Waals surface area contributed by atoms with Crippen LogP contribution >= 0.6 is 0 Å². The summed E-state index contributed by atoms with van der Waals surface area (Å²) in [5.41, 5.74) is 2.58. The van der Waals surface area contributed by atoms with E-state index < -0.39 is 0 Å². The van der Waals surface area contributed by atoms with Crippen LogP contribution < -0.4 is 15.5 Å². The Kier molecular flexibility index (Phi) is 6.70. The number of benzene rings is 1. The lowest BCUT2D eigenvalue weighted by Gasteiger charge is -2.21. The van der Waals surface area contributed by atoms with Crippen LogP contribution in [0.4, 0.5) is 5.69 Å². The van der Waals surface area contributed by atoms with Crippen molar-refractivity contribution >= 4 is 11.6 Å². The molecular formula is C16H24N4O. The summed E-state index contributed by atoms with van der Waals surface area (Å²) >= 11 is 0. The van der Waals surface area contributed by atoms with Crippen LogP contribution in [0, 0.1) is 11.3 Å². The Morgan fingerprint density at radius 2 is 2.14 bits per heavy atom. The molecule has 0 atom stereocenters. The zero-order valence-corrected chi connectivity index (χ0v) is 13.2. The number of rotatable bonds is 7. The van der Waals surface area contributed by atoms with E-state index in [2.05, 4.69) is 30.6 Å². The number of carbonyl (C=O) groups is 1. The first-order valence-corrected chi connectivity index (χ1v) is 7.16. The molecule has 114 valence electrons. The summed E-state index contributed by atoms with van der Waals surface area (Å²) in [5.74, 6) is -0.00175. The molecule has 0 saturated carbocycles. The molecule has 0 saturated heterocycles. The molecule has 5 heteroatoms. The van der Waals surface area contributed by atoms with E-state index in [1.54, 1.807) is 7.05 Å². The first-order valence-electron chi connectivity index (χ1n) is 7.16. The monoisotopic (exact) mass is 288 g/mol. The predicted octanol–water partition coefficient (Wildman–Crippen LogP) is 1.63. The standard InChI is InChI=1S/C16H24N4O/c1-12(2)19-11-13-5-6-15(14(9-13)10-17)20(4)8-7-16(21)18-3/h5-6,9,12,19H,7-8,11H2,1-4H3,(H,18,21). The number of nitriles is 1. The SMILES string of the molecule is CNC(=O)CCN(C)c1ccc(CNC(C)C)cc1C#N. The lowest BCUT2D eigenvalue weighted by Crippen LogP contribution is -2.27. The van der Waals surface area contributed by atoms with E-state index in [4.69, 9.17) is 0 Å². The van der Waals surface area contributed by atoms with Gasteiger partial charge in [0.1, 0.15) is 6.07 Å². The summed E-state index contributed by atoms with van der Waals surface area (Å²) in [6.45, 7) is 5.50. The summed E-state index contributed by atoms with van der Waals surface area (Å²) in [6.07, 6.45) is 0.411. The fourth-order valence-corrected chi connectivity index (χ4v) is 1.95. The summed E-state index contributed by atoms with van der Waals surface area (Å²) in [6, 6.07) is 8.51. The van der Waals surface area contributed by atoms with E-state index in [9.17, 15) is 10.1 Å². The number of anilines is 1.